The van der Waals surface area contributed by atoms with E-state index in [2.05, 4.69) is 10.3 Å². The molecule has 1 amide bonds. The average Bonchev–Trinajstić information content (AvgIpc) is 2.42. The SMILES string of the molecule is Cc1cc(Cl)nc(Cl)c1NC(=O)c1ccccc1[N+](=O)[O-]. The van der Waals surface area contributed by atoms with E-state index < -0.39 is 10.8 Å². The first-order valence-corrected chi connectivity index (χ1v) is 6.53. The highest BCUT2D eigenvalue weighted by atomic mass is 35.5. The Labute approximate surface area is 129 Å². The molecule has 2 rings (SSSR count). The first-order valence-electron chi connectivity index (χ1n) is 5.77. The van der Waals surface area contributed by atoms with Crippen LogP contribution in [0.2, 0.25) is 10.3 Å². The maximum atomic E-state index is 12.2. The van der Waals surface area contributed by atoms with Gasteiger partial charge in [-0.3, -0.25) is 14.9 Å². The van der Waals surface area contributed by atoms with Gasteiger partial charge in [0.05, 0.1) is 10.6 Å². The van der Waals surface area contributed by atoms with Gasteiger partial charge in [-0.15, -0.1) is 0 Å². The molecular weight excluding hydrogens is 317 g/mol. The summed E-state index contributed by atoms with van der Waals surface area (Å²) in [6.07, 6.45) is 0. The number of nitro groups is 1. The van der Waals surface area contributed by atoms with E-state index in [1.807, 2.05) is 0 Å². The van der Waals surface area contributed by atoms with E-state index in [9.17, 15) is 14.9 Å². The number of para-hydroxylation sites is 1. The van der Waals surface area contributed by atoms with E-state index in [1.54, 1.807) is 6.92 Å². The van der Waals surface area contributed by atoms with Crippen LogP contribution in [-0.4, -0.2) is 15.8 Å². The van der Waals surface area contributed by atoms with Gasteiger partial charge in [0.25, 0.3) is 11.6 Å². The van der Waals surface area contributed by atoms with E-state index in [0.29, 0.717) is 5.56 Å². The molecule has 0 radical (unpaired) electrons. The summed E-state index contributed by atoms with van der Waals surface area (Å²) >= 11 is 11.7. The zero-order valence-corrected chi connectivity index (χ0v) is 12.3. The van der Waals surface area contributed by atoms with Gasteiger partial charge in [0, 0.05) is 6.07 Å². The molecule has 2 aromatic rings. The van der Waals surface area contributed by atoms with Gasteiger partial charge in [0.2, 0.25) is 0 Å². The second-order valence-corrected chi connectivity index (χ2v) is 4.90. The van der Waals surface area contributed by atoms with Crippen molar-refractivity contribution in [1.82, 2.24) is 4.98 Å². The van der Waals surface area contributed by atoms with Crippen molar-refractivity contribution in [3.8, 4) is 0 Å². The number of hydrogen-bond acceptors (Lipinski definition) is 4. The second-order valence-electron chi connectivity index (χ2n) is 4.16. The number of nitro benzene ring substituents is 1. The molecule has 1 N–H and O–H groups in total. The smallest absolute Gasteiger partial charge is 0.282 e. The van der Waals surface area contributed by atoms with Crippen molar-refractivity contribution in [3.05, 3.63) is 61.9 Å². The van der Waals surface area contributed by atoms with Gasteiger partial charge >= 0.3 is 0 Å². The Bertz CT molecular complexity index is 711. The van der Waals surface area contributed by atoms with E-state index >= 15 is 0 Å². The lowest BCUT2D eigenvalue weighted by atomic mass is 10.1. The molecule has 0 fully saturated rings. The highest BCUT2D eigenvalue weighted by Gasteiger charge is 2.20. The van der Waals surface area contributed by atoms with E-state index in [1.165, 1.54) is 30.3 Å². The van der Waals surface area contributed by atoms with Crippen molar-refractivity contribution in [3.63, 3.8) is 0 Å². The number of aromatic nitrogens is 1. The van der Waals surface area contributed by atoms with Gasteiger partial charge < -0.3 is 5.32 Å². The number of rotatable bonds is 3. The molecule has 0 atom stereocenters. The molecule has 0 aliphatic carbocycles. The number of halogens is 2. The summed E-state index contributed by atoms with van der Waals surface area (Å²) in [7, 11) is 0. The quantitative estimate of drug-likeness (QED) is 0.527. The van der Waals surface area contributed by atoms with Gasteiger partial charge in [0.15, 0.2) is 5.15 Å². The summed E-state index contributed by atoms with van der Waals surface area (Å²) in [5.41, 5.74) is 0.523. The van der Waals surface area contributed by atoms with Crippen LogP contribution in [0.5, 0.6) is 0 Å². The first-order chi connectivity index (χ1) is 9.90. The largest absolute Gasteiger partial charge is 0.319 e. The highest BCUT2D eigenvalue weighted by Crippen LogP contribution is 2.28. The number of hydrogen-bond donors (Lipinski definition) is 1. The molecule has 108 valence electrons. The Hall–Kier alpha value is -2.18. The van der Waals surface area contributed by atoms with Crippen molar-refractivity contribution >= 4 is 40.5 Å². The fourth-order valence-electron chi connectivity index (χ4n) is 1.75. The Kier molecular flexibility index (Phi) is 4.40. The standard InChI is InChI=1S/C13H9Cl2N3O3/c1-7-6-10(14)16-12(15)11(7)17-13(19)8-4-2-3-5-9(8)18(20)21/h2-6H,1H3,(H,17,19). The molecule has 0 spiro atoms. The van der Waals surface area contributed by atoms with Crippen molar-refractivity contribution in [1.29, 1.82) is 0 Å². The van der Waals surface area contributed by atoms with Crippen LogP contribution in [0.3, 0.4) is 0 Å². The molecule has 0 bridgehead atoms. The van der Waals surface area contributed by atoms with E-state index in [-0.39, 0.29) is 27.2 Å². The number of carbonyl (C=O) groups excluding carboxylic acids is 1. The lowest BCUT2D eigenvalue weighted by Gasteiger charge is -2.10. The Morgan fingerprint density at radius 2 is 2.00 bits per heavy atom. The number of benzene rings is 1. The van der Waals surface area contributed by atoms with E-state index in [0.717, 1.165) is 0 Å². The van der Waals surface area contributed by atoms with Crippen LogP contribution < -0.4 is 5.32 Å². The summed E-state index contributed by atoms with van der Waals surface area (Å²) in [4.78, 5) is 26.3. The molecule has 0 aliphatic heterocycles. The third-order valence-corrected chi connectivity index (χ3v) is 3.19. The number of nitrogens with one attached hydrogen (secondary N) is 1. The molecule has 1 aromatic heterocycles. The van der Waals surface area contributed by atoms with Crippen LogP contribution in [0.4, 0.5) is 11.4 Å². The number of carbonyl (C=O) groups is 1. The fraction of sp³-hybridized carbons (Fsp3) is 0.0769. The van der Waals surface area contributed by atoms with Crippen LogP contribution in [-0.2, 0) is 0 Å². The average molecular weight is 326 g/mol. The lowest BCUT2D eigenvalue weighted by Crippen LogP contribution is -2.15. The third kappa shape index (κ3) is 3.29. The Balaban J connectivity index is 2.38. The minimum absolute atomic E-state index is 0.0203. The summed E-state index contributed by atoms with van der Waals surface area (Å²) in [5, 5.41) is 13.7. The summed E-state index contributed by atoms with van der Waals surface area (Å²) in [6.45, 7) is 1.69. The monoisotopic (exact) mass is 325 g/mol. The number of nitrogens with zero attached hydrogens (tertiary/aromatic N) is 2. The van der Waals surface area contributed by atoms with Gasteiger partial charge in [-0.1, -0.05) is 35.3 Å². The third-order valence-electron chi connectivity index (χ3n) is 2.73. The molecule has 8 heteroatoms. The summed E-state index contributed by atoms with van der Waals surface area (Å²) < 4.78 is 0. The molecule has 6 nitrogen and oxygen atoms in total. The van der Waals surface area contributed by atoms with E-state index in [4.69, 9.17) is 23.2 Å². The van der Waals surface area contributed by atoms with Crippen LogP contribution in [0.15, 0.2) is 30.3 Å². The summed E-state index contributed by atoms with van der Waals surface area (Å²) in [6, 6.07) is 7.17. The van der Waals surface area contributed by atoms with Crippen molar-refractivity contribution < 1.29 is 9.72 Å². The topological polar surface area (TPSA) is 85.1 Å². The normalized spacial score (nSPS) is 10.2. The van der Waals surface area contributed by atoms with Crippen molar-refractivity contribution in [2.75, 3.05) is 5.32 Å². The Morgan fingerprint density at radius 1 is 1.33 bits per heavy atom. The first kappa shape index (κ1) is 15.2. The maximum absolute atomic E-state index is 12.2. The van der Waals surface area contributed by atoms with Crippen molar-refractivity contribution in [2.45, 2.75) is 6.92 Å². The number of anilines is 1. The maximum Gasteiger partial charge on any atom is 0.282 e. The minimum atomic E-state index is -0.642. The second kappa shape index (κ2) is 6.07. The number of aryl methyl sites for hydroxylation is 1. The summed E-state index contributed by atoms with van der Waals surface area (Å²) in [5.74, 6) is -0.642. The van der Waals surface area contributed by atoms with Crippen LogP contribution in [0, 0.1) is 17.0 Å². The Morgan fingerprint density at radius 3 is 2.62 bits per heavy atom. The molecule has 0 unspecified atom stereocenters. The predicted octanol–water partition coefficient (Wildman–Crippen LogP) is 3.86. The molecule has 0 saturated carbocycles. The molecule has 1 heterocycles. The lowest BCUT2D eigenvalue weighted by molar-refractivity contribution is -0.385. The van der Waals surface area contributed by atoms with Gasteiger partial charge in [-0.05, 0) is 24.6 Å². The molecule has 0 saturated heterocycles. The highest BCUT2D eigenvalue weighted by molar-refractivity contribution is 6.35. The molecule has 21 heavy (non-hydrogen) atoms. The zero-order chi connectivity index (χ0) is 15.6. The van der Waals surface area contributed by atoms with Crippen molar-refractivity contribution in [2.24, 2.45) is 0 Å². The van der Waals surface area contributed by atoms with Gasteiger partial charge in [-0.2, -0.15) is 0 Å². The van der Waals surface area contributed by atoms with Gasteiger partial charge in [-0.25, -0.2) is 4.98 Å². The van der Waals surface area contributed by atoms with Gasteiger partial charge in [0.1, 0.15) is 10.7 Å². The van der Waals surface area contributed by atoms with Crippen LogP contribution in [0.25, 0.3) is 0 Å². The number of pyridine rings is 1. The van der Waals surface area contributed by atoms with Crippen LogP contribution >= 0.6 is 23.2 Å². The molecular formula is C13H9Cl2N3O3. The predicted molar refractivity (Wildman–Crippen MR) is 80.0 cm³/mol. The minimum Gasteiger partial charge on any atom is -0.319 e. The van der Waals surface area contributed by atoms with Crippen LogP contribution in [0.1, 0.15) is 15.9 Å². The number of amides is 1. The molecule has 1 aromatic carbocycles. The fourth-order valence-corrected chi connectivity index (χ4v) is 2.33. The zero-order valence-electron chi connectivity index (χ0n) is 10.8. The molecule has 0 aliphatic rings.